The molecule has 0 saturated heterocycles. The van der Waals surface area contributed by atoms with E-state index < -0.39 is 22.0 Å². The maximum absolute atomic E-state index is 6.15. The molecule has 0 amide bonds. The molecule has 27 heavy (non-hydrogen) atoms. The Kier molecular flexibility index (Phi) is 7.94. The van der Waals surface area contributed by atoms with Crippen molar-refractivity contribution < 1.29 is 33.3 Å². The van der Waals surface area contributed by atoms with Crippen molar-refractivity contribution in [1.29, 1.82) is 0 Å². The molecule has 0 bridgehead atoms. The molecule has 140 valence electrons. The van der Waals surface area contributed by atoms with E-state index in [0.717, 1.165) is 16.7 Å². The van der Waals surface area contributed by atoms with Crippen molar-refractivity contribution in [3.63, 3.8) is 0 Å². The molecule has 3 rings (SSSR count). The molecule has 0 atom stereocenters. The van der Waals surface area contributed by atoms with E-state index in [2.05, 4.69) is 0 Å². The van der Waals surface area contributed by atoms with Crippen LogP contribution in [0.15, 0.2) is 91.0 Å². The van der Waals surface area contributed by atoms with Crippen LogP contribution in [0.25, 0.3) is 0 Å². The van der Waals surface area contributed by atoms with Gasteiger partial charge in [0.05, 0.1) is 0 Å². The maximum atomic E-state index is 6.15. The molecule has 4 nitrogen and oxygen atoms in total. The van der Waals surface area contributed by atoms with Gasteiger partial charge in [-0.3, -0.25) is 0 Å². The molecule has 5 heteroatoms. The standard InChI is InChI=1S/3C7H7O.CH3O.Zr/c3*8-6-7-4-2-1-3-5-7;1-2;/h3*1-5H,6H2;1H3;/q4*-1;+4. The molecule has 0 saturated carbocycles. The van der Waals surface area contributed by atoms with Gasteiger partial charge in [0.15, 0.2) is 0 Å². The summed E-state index contributed by atoms with van der Waals surface area (Å²) in [6.07, 6.45) is 0. The van der Waals surface area contributed by atoms with Crippen LogP contribution < -0.4 is 0 Å². The van der Waals surface area contributed by atoms with Gasteiger partial charge in [-0.1, -0.05) is 0 Å². The van der Waals surface area contributed by atoms with Crippen LogP contribution >= 0.6 is 0 Å². The zero-order valence-electron chi connectivity index (χ0n) is 15.4. The quantitative estimate of drug-likeness (QED) is 0.437. The second kappa shape index (κ2) is 10.6. The van der Waals surface area contributed by atoms with E-state index in [0.29, 0.717) is 19.8 Å². The van der Waals surface area contributed by atoms with E-state index in [1.54, 1.807) is 7.11 Å². The summed E-state index contributed by atoms with van der Waals surface area (Å²) < 4.78 is 24.2. The molecule has 0 aliphatic rings. The van der Waals surface area contributed by atoms with Gasteiger partial charge in [-0.2, -0.15) is 0 Å². The summed E-state index contributed by atoms with van der Waals surface area (Å²) >= 11 is -4.20. The van der Waals surface area contributed by atoms with Gasteiger partial charge >= 0.3 is 168 Å². The Morgan fingerprint density at radius 3 is 1.07 bits per heavy atom. The summed E-state index contributed by atoms with van der Waals surface area (Å²) in [5, 5.41) is 0. The Morgan fingerprint density at radius 2 is 0.815 bits per heavy atom. The Labute approximate surface area is 167 Å². The van der Waals surface area contributed by atoms with E-state index >= 15 is 0 Å². The first-order valence-corrected chi connectivity index (χ1v) is 12.9. The Morgan fingerprint density at radius 1 is 0.519 bits per heavy atom. The molecule has 0 unspecified atom stereocenters. The molecule has 0 aromatic heterocycles. The summed E-state index contributed by atoms with van der Waals surface area (Å²) in [5.41, 5.74) is 3.17. The Bertz CT molecular complexity index is 675. The number of benzene rings is 3. The first kappa shape index (κ1) is 20.1. The summed E-state index contributed by atoms with van der Waals surface area (Å²) in [5.74, 6) is 0. The van der Waals surface area contributed by atoms with Crippen molar-refractivity contribution in [1.82, 2.24) is 0 Å². The summed E-state index contributed by atoms with van der Waals surface area (Å²) in [4.78, 5) is 0. The van der Waals surface area contributed by atoms with Gasteiger partial charge in [0, 0.05) is 0 Å². The first-order chi connectivity index (χ1) is 13.3. The van der Waals surface area contributed by atoms with Crippen molar-refractivity contribution >= 4 is 0 Å². The number of rotatable bonds is 10. The molecular weight excluding hydrogens is 419 g/mol. The van der Waals surface area contributed by atoms with Crippen LogP contribution in [0, 0.1) is 0 Å². The van der Waals surface area contributed by atoms with Gasteiger partial charge in [-0.25, -0.2) is 0 Å². The van der Waals surface area contributed by atoms with Gasteiger partial charge in [0.25, 0.3) is 0 Å². The fraction of sp³-hybridized carbons (Fsp3) is 0.182. The predicted octanol–water partition coefficient (Wildman–Crippen LogP) is 5.10. The van der Waals surface area contributed by atoms with Gasteiger partial charge in [-0.15, -0.1) is 0 Å². The third kappa shape index (κ3) is 6.49. The van der Waals surface area contributed by atoms with Crippen LogP contribution in [0.3, 0.4) is 0 Å². The van der Waals surface area contributed by atoms with Crippen molar-refractivity contribution in [3.05, 3.63) is 108 Å². The molecule has 0 radical (unpaired) electrons. The average Bonchev–Trinajstić information content (AvgIpc) is 2.76. The molecule has 0 heterocycles. The molecule has 0 spiro atoms. The Hall–Kier alpha value is -1.62. The second-order valence-corrected chi connectivity index (χ2v) is 11.6. The second-order valence-electron chi connectivity index (χ2n) is 6.03. The number of hydrogen-bond donors (Lipinski definition) is 0. The van der Waals surface area contributed by atoms with E-state index in [4.69, 9.17) is 11.3 Å². The topological polar surface area (TPSA) is 36.9 Å². The third-order valence-corrected chi connectivity index (χ3v) is 8.93. The van der Waals surface area contributed by atoms with Gasteiger partial charge in [0.1, 0.15) is 0 Å². The van der Waals surface area contributed by atoms with E-state index in [-0.39, 0.29) is 0 Å². The molecule has 3 aromatic rings. The van der Waals surface area contributed by atoms with Crippen molar-refractivity contribution in [2.45, 2.75) is 19.8 Å². The van der Waals surface area contributed by atoms with Crippen LogP contribution in [-0.4, -0.2) is 7.11 Å². The van der Waals surface area contributed by atoms with Crippen LogP contribution in [0.4, 0.5) is 0 Å². The van der Waals surface area contributed by atoms with Crippen molar-refractivity contribution in [2.75, 3.05) is 7.11 Å². The SMILES string of the molecule is C[O][Zr]([O]Cc1ccccc1)([O]Cc1ccccc1)[O]Cc1ccccc1. The minimum atomic E-state index is -4.20. The summed E-state index contributed by atoms with van der Waals surface area (Å²) in [6.45, 7) is 1.19. The normalized spacial score (nSPS) is 11.4. The van der Waals surface area contributed by atoms with Crippen molar-refractivity contribution in [3.8, 4) is 0 Å². The van der Waals surface area contributed by atoms with Crippen LogP contribution in [0.1, 0.15) is 16.7 Å². The van der Waals surface area contributed by atoms with Gasteiger partial charge in [0.2, 0.25) is 0 Å². The van der Waals surface area contributed by atoms with E-state index in [9.17, 15) is 0 Å². The van der Waals surface area contributed by atoms with Crippen LogP contribution in [0.5, 0.6) is 0 Å². The van der Waals surface area contributed by atoms with E-state index in [1.165, 1.54) is 0 Å². The molecule has 0 aliphatic carbocycles. The predicted molar refractivity (Wildman–Crippen MR) is 101 cm³/mol. The first-order valence-electron chi connectivity index (χ1n) is 8.88. The zero-order valence-corrected chi connectivity index (χ0v) is 17.9. The average molecular weight is 444 g/mol. The molecule has 0 fully saturated rings. The van der Waals surface area contributed by atoms with E-state index in [1.807, 2.05) is 91.0 Å². The van der Waals surface area contributed by atoms with Crippen LogP contribution in [-0.2, 0) is 53.1 Å². The van der Waals surface area contributed by atoms with Gasteiger partial charge in [-0.05, 0) is 0 Å². The molecule has 3 aromatic carbocycles. The minimum absolute atomic E-state index is 0.397. The summed E-state index contributed by atoms with van der Waals surface area (Å²) in [7, 11) is 1.61. The van der Waals surface area contributed by atoms with Crippen molar-refractivity contribution in [2.24, 2.45) is 0 Å². The van der Waals surface area contributed by atoms with Crippen LogP contribution in [0.2, 0.25) is 0 Å². The Balaban J connectivity index is 1.70. The fourth-order valence-corrected chi connectivity index (χ4v) is 6.56. The van der Waals surface area contributed by atoms with Gasteiger partial charge < -0.3 is 0 Å². The zero-order chi connectivity index (χ0) is 18.8. The molecular formula is C22H24O4Zr. The fourth-order valence-electron chi connectivity index (χ4n) is 2.54. The molecule has 0 aliphatic heterocycles. The summed E-state index contributed by atoms with van der Waals surface area (Å²) in [6, 6.07) is 29.9. The molecule has 0 N–H and O–H groups in total. The number of hydrogen-bond acceptors (Lipinski definition) is 4. The monoisotopic (exact) mass is 442 g/mol. The third-order valence-electron chi connectivity index (χ3n) is 4.03.